The Morgan fingerprint density at radius 2 is 2.00 bits per heavy atom. The molecule has 1 atom stereocenters. The molecule has 0 bridgehead atoms. The van der Waals surface area contributed by atoms with E-state index in [1.165, 1.54) is 28.5 Å². The van der Waals surface area contributed by atoms with Crippen LogP contribution in [-0.4, -0.2) is 27.7 Å². The van der Waals surface area contributed by atoms with E-state index in [2.05, 4.69) is 15.3 Å². The van der Waals surface area contributed by atoms with Gasteiger partial charge in [-0.25, -0.2) is 19.2 Å². The van der Waals surface area contributed by atoms with Gasteiger partial charge in [-0.15, -0.1) is 0 Å². The molecule has 2 aromatic heterocycles. The number of urea groups is 1. The minimum atomic E-state index is -0.379. The van der Waals surface area contributed by atoms with Crippen LogP contribution in [0.2, 0.25) is 0 Å². The number of hydroxylamine groups is 2. The Kier molecular flexibility index (Phi) is 5.20. The molecule has 2 amide bonds. The van der Waals surface area contributed by atoms with Gasteiger partial charge in [-0.3, -0.25) is 4.84 Å². The van der Waals surface area contributed by atoms with Gasteiger partial charge in [0.1, 0.15) is 16.2 Å². The Hall–Kier alpha value is -3.56. The maximum atomic E-state index is 13.3. The molecule has 7 nitrogen and oxygen atoms in total. The van der Waals surface area contributed by atoms with Crippen molar-refractivity contribution in [2.24, 2.45) is 0 Å². The maximum Gasteiger partial charge on any atom is 0.346 e. The number of nitrogen functional groups attached to an aromatic ring is 1. The molecule has 3 N–H and O–H groups in total. The molecule has 1 fully saturated rings. The topological polar surface area (TPSA) is 93.4 Å². The number of carbonyl (C=O) groups is 1. The summed E-state index contributed by atoms with van der Waals surface area (Å²) in [6.07, 6.45) is 0.639. The number of rotatable bonds is 3. The van der Waals surface area contributed by atoms with E-state index in [1.54, 1.807) is 12.1 Å². The SMILES string of the molecule is Cc1ccc(-c2ccc3nc(N)sc3n2)cc1NC(=O)N1OCC[C@H]1c1ccc(F)cc1. The van der Waals surface area contributed by atoms with Crippen molar-refractivity contribution in [3.63, 3.8) is 0 Å². The van der Waals surface area contributed by atoms with Gasteiger partial charge in [0.25, 0.3) is 0 Å². The number of nitrogens with two attached hydrogens (primary N) is 1. The fourth-order valence-electron chi connectivity index (χ4n) is 3.74. The van der Waals surface area contributed by atoms with Crippen LogP contribution in [0.3, 0.4) is 0 Å². The molecular formula is C23H20FN5O2S. The number of halogens is 1. The van der Waals surface area contributed by atoms with Gasteiger partial charge in [0.2, 0.25) is 0 Å². The second kappa shape index (κ2) is 8.18. The Morgan fingerprint density at radius 1 is 1.19 bits per heavy atom. The predicted molar refractivity (Wildman–Crippen MR) is 123 cm³/mol. The van der Waals surface area contributed by atoms with Crippen molar-refractivity contribution in [1.29, 1.82) is 0 Å². The van der Waals surface area contributed by atoms with Crippen LogP contribution in [-0.2, 0) is 4.84 Å². The molecule has 162 valence electrons. The summed E-state index contributed by atoms with van der Waals surface area (Å²) in [4.78, 5) is 28.3. The van der Waals surface area contributed by atoms with Crippen LogP contribution in [0.15, 0.2) is 54.6 Å². The fraction of sp³-hybridized carbons (Fsp3) is 0.174. The van der Waals surface area contributed by atoms with Crippen molar-refractivity contribution in [2.45, 2.75) is 19.4 Å². The average Bonchev–Trinajstić information content (AvgIpc) is 3.41. The summed E-state index contributed by atoms with van der Waals surface area (Å²) >= 11 is 1.33. The number of fused-ring (bicyclic) bond motifs is 1. The Labute approximate surface area is 187 Å². The third-order valence-corrected chi connectivity index (χ3v) is 6.20. The van der Waals surface area contributed by atoms with E-state index >= 15 is 0 Å². The van der Waals surface area contributed by atoms with Gasteiger partial charge in [-0.1, -0.05) is 35.6 Å². The van der Waals surface area contributed by atoms with Crippen molar-refractivity contribution >= 4 is 38.5 Å². The molecule has 1 aliphatic rings. The van der Waals surface area contributed by atoms with E-state index in [1.807, 2.05) is 37.3 Å². The van der Waals surface area contributed by atoms with Crippen LogP contribution in [0.25, 0.3) is 21.6 Å². The van der Waals surface area contributed by atoms with E-state index in [-0.39, 0.29) is 17.9 Å². The number of nitrogens with one attached hydrogen (secondary N) is 1. The molecule has 2 aromatic carbocycles. The number of anilines is 2. The molecule has 1 aliphatic heterocycles. The number of pyridine rings is 1. The summed E-state index contributed by atoms with van der Waals surface area (Å²) in [7, 11) is 0. The number of aromatic nitrogens is 2. The van der Waals surface area contributed by atoms with Crippen LogP contribution in [0.5, 0.6) is 0 Å². The van der Waals surface area contributed by atoms with Crippen molar-refractivity contribution in [3.05, 3.63) is 71.5 Å². The van der Waals surface area contributed by atoms with E-state index in [0.29, 0.717) is 23.8 Å². The standard InChI is InChI=1S/C23H20FN5O2S/c1-13-2-3-15(17-8-9-18-21(26-17)32-22(25)27-18)12-19(13)28-23(30)29-20(10-11-31-29)14-4-6-16(24)7-5-14/h2-9,12,20H,10-11H2,1H3,(H2,25,27)(H,28,30)/t20-/m0/s1. The normalized spacial score (nSPS) is 15.9. The number of hydrogen-bond donors (Lipinski definition) is 2. The highest BCUT2D eigenvalue weighted by Crippen LogP contribution is 2.32. The van der Waals surface area contributed by atoms with Gasteiger partial charge in [0.05, 0.1) is 18.3 Å². The molecule has 5 rings (SSSR count). The first-order valence-electron chi connectivity index (χ1n) is 10.1. The molecule has 0 saturated carbocycles. The Morgan fingerprint density at radius 3 is 2.81 bits per heavy atom. The highest BCUT2D eigenvalue weighted by atomic mass is 32.1. The first-order chi connectivity index (χ1) is 15.5. The van der Waals surface area contributed by atoms with Gasteiger partial charge in [-0.05, 0) is 48.4 Å². The third kappa shape index (κ3) is 3.88. The first kappa shape index (κ1) is 20.3. The summed E-state index contributed by atoms with van der Waals surface area (Å²) in [5.74, 6) is -0.316. The number of benzene rings is 2. The molecule has 32 heavy (non-hydrogen) atoms. The number of nitrogens with zero attached hydrogens (tertiary/aromatic N) is 3. The molecule has 4 aromatic rings. The predicted octanol–water partition coefficient (Wildman–Crippen LogP) is 5.30. The lowest BCUT2D eigenvalue weighted by Gasteiger charge is -2.23. The number of aryl methyl sites for hydroxylation is 1. The highest BCUT2D eigenvalue weighted by molar-refractivity contribution is 7.21. The lowest BCUT2D eigenvalue weighted by atomic mass is 10.0. The number of thiazole rings is 1. The second-order valence-electron chi connectivity index (χ2n) is 7.55. The molecular weight excluding hydrogens is 429 g/mol. The summed E-state index contributed by atoms with van der Waals surface area (Å²) < 4.78 is 13.3. The second-order valence-corrected chi connectivity index (χ2v) is 8.56. The highest BCUT2D eigenvalue weighted by Gasteiger charge is 2.32. The van der Waals surface area contributed by atoms with Gasteiger partial charge >= 0.3 is 6.03 Å². The maximum absolute atomic E-state index is 13.3. The minimum Gasteiger partial charge on any atom is -0.375 e. The lowest BCUT2D eigenvalue weighted by Crippen LogP contribution is -2.33. The quantitative estimate of drug-likeness (QED) is 0.443. The van der Waals surface area contributed by atoms with Gasteiger partial charge in [-0.2, -0.15) is 5.06 Å². The summed E-state index contributed by atoms with van der Waals surface area (Å²) in [6.45, 7) is 2.33. The Balaban J connectivity index is 1.39. The largest absolute Gasteiger partial charge is 0.375 e. The number of amides is 2. The van der Waals surface area contributed by atoms with Crippen molar-refractivity contribution in [1.82, 2.24) is 15.0 Å². The van der Waals surface area contributed by atoms with Crippen LogP contribution in [0.4, 0.5) is 20.0 Å². The summed E-state index contributed by atoms with van der Waals surface area (Å²) in [6, 6.07) is 15.0. The lowest BCUT2D eigenvalue weighted by molar-refractivity contribution is -0.0830. The third-order valence-electron chi connectivity index (χ3n) is 5.41. The van der Waals surface area contributed by atoms with Crippen molar-refractivity contribution in [3.8, 4) is 11.3 Å². The van der Waals surface area contributed by atoms with Crippen LogP contribution in [0, 0.1) is 12.7 Å². The van der Waals surface area contributed by atoms with E-state index < -0.39 is 0 Å². The minimum absolute atomic E-state index is 0.278. The summed E-state index contributed by atoms with van der Waals surface area (Å²) in [5.41, 5.74) is 10.6. The van der Waals surface area contributed by atoms with E-state index in [4.69, 9.17) is 10.6 Å². The van der Waals surface area contributed by atoms with Gasteiger partial charge in [0, 0.05) is 17.7 Å². The zero-order valence-electron chi connectivity index (χ0n) is 17.2. The molecule has 3 heterocycles. The monoisotopic (exact) mass is 449 g/mol. The van der Waals surface area contributed by atoms with Gasteiger partial charge < -0.3 is 11.1 Å². The zero-order valence-corrected chi connectivity index (χ0v) is 18.0. The van der Waals surface area contributed by atoms with E-state index in [0.717, 1.165) is 32.7 Å². The van der Waals surface area contributed by atoms with Crippen LogP contribution in [0.1, 0.15) is 23.6 Å². The first-order valence-corrected chi connectivity index (χ1v) is 10.9. The number of carbonyl (C=O) groups excluding carboxylic acids is 1. The number of hydrogen-bond acceptors (Lipinski definition) is 6. The van der Waals surface area contributed by atoms with Gasteiger partial charge in [0.15, 0.2) is 5.13 Å². The zero-order chi connectivity index (χ0) is 22.2. The Bertz CT molecular complexity index is 1310. The fourth-order valence-corrected chi connectivity index (χ4v) is 4.44. The summed E-state index contributed by atoms with van der Waals surface area (Å²) in [5, 5.41) is 4.74. The van der Waals surface area contributed by atoms with Crippen LogP contribution >= 0.6 is 11.3 Å². The van der Waals surface area contributed by atoms with Crippen molar-refractivity contribution in [2.75, 3.05) is 17.7 Å². The molecule has 0 radical (unpaired) electrons. The molecule has 1 saturated heterocycles. The van der Waals surface area contributed by atoms with Crippen LogP contribution < -0.4 is 11.1 Å². The average molecular weight is 450 g/mol. The molecule has 0 spiro atoms. The molecule has 0 unspecified atom stereocenters. The van der Waals surface area contributed by atoms with Crippen molar-refractivity contribution < 1.29 is 14.0 Å². The smallest absolute Gasteiger partial charge is 0.346 e. The van der Waals surface area contributed by atoms with E-state index in [9.17, 15) is 9.18 Å². The molecule has 0 aliphatic carbocycles. The molecule has 9 heteroatoms.